The van der Waals surface area contributed by atoms with E-state index in [4.69, 9.17) is 0 Å². The number of hydrogen-bond acceptors (Lipinski definition) is 8. The Morgan fingerprint density at radius 3 is 2.56 bits per heavy atom. The molecule has 3 aromatic heterocycles. The fraction of sp³-hybridized carbons (Fsp3) is 0.290. The molecule has 0 bridgehead atoms. The van der Waals surface area contributed by atoms with Crippen LogP contribution in [0.1, 0.15) is 37.9 Å². The van der Waals surface area contributed by atoms with Crippen molar-refractivity contribution >= 4 is 34.4 Å². The van der Waals surface area contributed by atoms with Gasteiger partial charge >= 0.3 is 5.69 Å². The normalized spacial score (nSPS) is 17.7. The molecular weight excluding hydrogens is 591 g/mol. The number of carbonyl (C=O) groups is 2. The van der Waals surface area contributed by atoms with Gasteiger partial charge in [-0.1, -0.05) is 20.4 Å². The SMILES string of the molecule is C=CC(=O)N1CC(C)N2c3nc(=O)n(-c4c(C)ccnc4C(C)C)c4nc(-c5c(O)ccc(F)c5F)c(F)c(c34)NC(=O)C2C1. The molecule has 2 atom stereocenters. The van der Waals surface area contributed by atoms with Crippen molar-refractivity contribution in [3.8, 4) is 22.7 Å². The highest BCUT2D eigenvalue weighted by molar-refractivity contribution is 6.12. The molecule has 11 nitrogen and oxygen atoms in total. The van der Waals surface area contributed by atoms with Gasteiger partial charge in [0.25, 0.3) is 0 Å². The van der Waals surface area contributed by atoms with Crippen LogP contribution < -0.4 is 15.9 Å². The summed E-state index contributed by atoms with van der Waals surface area (Å²) < 4.78 is 47.4. The third-order valence-corrected chi connectivity index (χ3v) is 8.15. The number of fused-ring (bicyclic) bond motifs is 2. The maximum atomic E-state index is 16.6. The lowest BCUT2D eigenvalue weighted by Crippen LogP contribution is -2.62. The summed E-state index contributed by atoms with van der Waals surface area (Å²) in [4.78, 5) is 56.5. The maximum absolute atomic E-state index is 16.6. The van der Waals surface area contributed by atoms with Gasteiger partial charge in [0.2, 0.25) is 11.8 Å². The van der Waals surface area contributed by atoms with Gasteiger partial charge < -0.3 is 20.2 Å². The molecule has 2 aliphatic rings. The van der Waals surface area contributed by atoms with Gasteiger partial charge in [-0.25, -0.2) is 27.5 Å². The van der Waals surface area contributed by atoms with Gasteiger partial charge in [0.15, 0.2) is 23.1 Å². The van der Waals surface area contributed by atoms with E-state index in [1.807, 2.05) is 13.8 Å². The average molecular weight is 620 g/mol. The standard InChI is InChI=1S/C31H28F3N7O4/c1-6-19(43)39-11-15(5)40-17(12-39)30(44)37-26-21-28(36-25(23(26)34)20-18(42)8-7-16(32)22(20)33)41(31(45)38-29(21)40)27-14(4)9-10-35-24(27)13(2)3/h6-10,13,15,17,42H,1,11-12H2,2-5H3,(H,37,44). The lowest BCUT2D eigenvalue weighted by atomic mass is 10.0. The molecule has 2 unspecified atom stereocenters. The van der Waals surface area contributed by atoms with Crippen LogP contribution in [0, 0.1) is 24.4 Å². The quantitative estimate of drug-likeness (QED) is 0.328. The second kappa shape index (κ2) is 10.7. The number of aromatic hydroxyl groups is 1. The smallest absolute Gasteiger partial charge is 0.355 e. The number of rotatable bonds is 4. The van der Waals surface area contributed by atoms with Crippen molar-refractivity contribution < 1.29 is 27.9 Å². The van der Waals surface area contributed by atoms with E-state index in [9.17, 15) is 23.9 Å². The van der Waals surface area contributed by atoms with Crippen LogP contribution in [0.4, 0.5) is 24.7 Å². The van der Waals surface area contributed by atoms with E-state index in [1.165, 1.54) is 9.80 Å². The van der Waals surface area contributed by atoms with Gasteiger partial charge in [-0.2, -0.15) is 4.98 Å². The molecule has 1 saturated heterocycles. The Labute approximate surface area is 254 Å². The largest absolute Gasteiger partial charge is 0.507 e. The molecule has 45 heavy (non-hydrogen) atoms. The minimum Gasteiger partial charge on any atom is -0.507 e. The Morgan fingerprint density at radius 2 is 1.87 bits per heavy atom. The third-order valence-electron chi connectivity index (χ3n) is 8.15. The second-order valence-corrected chi connectivity index (χ2v) is 11.4. The molecule has 232 valence electrons. The number of halogens is 3. The van der Waals surface area contributed by atoms with Crippen LogP contribution in [0.2, 0.25) is 0 Å². The second-order valence-electron chi connectivity index (χ2n) is 11.4. The first-order valence-corrected chi connectivity index (χ1v) is 14.2. The highest BCUT2D eigenvalue weighted by Crippen LogP contribution is 2.44. The van der Waals surface area contributed by atoms with Gasteiger partial charge in [-0.15, -0.1) is 0 Å². The number of nitrogens with one attached hydrogen (secondary N) is 1. The third kappa shape index (κ3) is 4.50. The lowest BCUT2D eigenvalue weighted by Gasteiger charge is -2.44. The molecule has 0 aliphatic carbocycles. The summed E-state index contributed by atoms with van der Waals surface area (Å²) in [5, 5.41) is 13.0. The van der Waals surface area contributed by atoms with E-state index in [2.05, 4.69) is 26.8 Å². The first-order chi connectivity index (χ1) is 21.3. The zero-order valence-corrected chi connectivity index (χ0v) is 24.7. The molecule has 4 aromatic rings. The number of amides is 2. The molecule has 6 rings (SSSR count). The molecule has 2 aliphatic heterocycles. The van der Waals surface area contributed by atoms with Crippen molar-refractivity contribution in [2.24, 2.45) is 0 Å². The van der Waals surface area contributed by atoms with Crippen LogP contribution in [0.25, 0.3) is 28.0 Å². The van der Waals surface area contributed by atoms with Crippen LogP contribution in [0.15, 0.2) is 41.8 Å². The highest BCUT2D eigenvalue weighted by Gasteiger charge is 2.43. The Morgan fingerprint density at radius 1 is 1.13 bits per heavy atom. The van der Waals surface area contributed by atoms with Crippen molar-refractivity contribution in [1.29, 1.82) is 0 Å². The molecule has 2 N–H and O–H groups in total. The van der Waals surface area contributed by atoms with E-state index < -0.39 is 69.7 Å². The predicted molar refractivity (Wildman–Crippen MR) is 160 cm³/mol. The zero-order chi connectivity index (χ0) is 32.5. The van der Waals surface area contributed by atoms with Crippen molar-refractivity contribution in [3.63, 3.8) is 0 Å². The van der Waals surface area contributed by atoms with Gasteiger partial charge in [-0.3, -0.25) is 14.6 Å². The van der Waals surface area contributed by atoms with Gasteiger partial charge in [0, 0.05) is 18.8 Å². The Hall–Kier alpha value is -5.27. The number of hydrogen-bond donors (Lipinski definition) is 2. The van der Waals surface area contributed by atoms with E-state index >= 15 is 8.78 Å². The summed E-state index contributed by atoms with van der Waals surface area (Å²) in [6.45, 7) is 10.7. The van der Waals surface area contributed by atoms with Crippen LogP contribution in [0.5, 0.6) is 5.75 Å². The van der Waals surface area contributed by atoms with Crippen LogP contribution >= 0.6 is 0 Å². The highest BCUT2D eigenvalue weighted by atomic mass is 19.2. The monoisotopic (exact) mass is 619 g/mol. The average Bonchev–Trinajstić information content (AvgIpc) is 3.12. The first-order valence-electron chi connectivity index (χ1n) is 14.2. The molecule has 1 fully saturated rings. The molecule has 14 heteroatoms. The summed E-state index contributed by atoms with van der Waals surface area (Å²) in [6.07, 6.45) is 2.68. The number of nitrogens with zero attached hydrogens (tertiary/aromatic N) is 6. The molecule has 5 heterocycles. The number of pyridine rings is 2. The van der Waals surface area contributed by atoms with Crippen LogP contribution in [0.3, 0.4) is 0 Å². The molecule has 1 aromatic carbocycles. The van der Waals surface area contributed by atoms with Crippen LogP contribution in [-0.2, 0) is 9.59 Å². The van der Waals surface area contributed by atoms with E-state index in [-0.39, 0.29) is 41.5 Å². The Kier molecular flexibility index (Phi) is 7.09. The number of piperazine rings is 1. The minimum absolute atomic E-state index is 0.0858. The van der Waals surface area contributed by atoms with Gasteiger partial charge in [0.1, 0.15) is 23.3 Å². The number of aryl methyl sites for hydroxylation is 1. The van der Waals surface area contributed by atoms with E-state index in [0.717, 1.165) is 16.7 Å². The minimum atomic E-state index is -1.58. The van der Waals surface area contributed by atoms with E-state index in [0.29, 0.717) is 17.3 Å². The van der Waals surface area contributed by atoms with Crippen molar-refractivity contribution in [1.82, 2.24) is 24.4 Å². The van der Waals surface area contributed by atoms with Crippen molar-refractivity contribution in [2.45, 2.75) is 45.7 Å². The summed E-state index contributed by atoms with van der Waals surface area (Å²) in [6, 6.07) is 1.46. The Bertz CT molecular complexity index is 2010. The number of benzene rings is 1. The summed E-state index contributed by atoms with van der Waals surface area (Å²) in [7, 11) is 0. The Balaban J connectivity index is 1.77. The number of phenolic OH excluding ortho intramolecular Hbond substituents is 1. The topological polar surface area (TPSA) is 134 Å². The number of carbonyl (C=O) groups excluding carboxylic acids is 2. The first kappa shape index (κ1) is 29.8. The predicted octanol–water partition coefficient (Wildman–Crippen LogP) is 3.94. The molecule has 0 saturated carbocycles. The van der Waals surface area contributed by atoms with Gasteiger partial charge in [-0.05, 0) is 49.6 Å². The van der Waals surface area contributed by atoms with Crippen LogP contribution in [-0.4, -0.2) is 66.5 Å². The van der Waals surface area contributed by atoms with Gasteiger partial charge in [0.05, 0.1) is 34.6 Å². The summed E-state index contributed by atoms with van der Waals surface area (Å²) in [5.41, 5.74) is -2.00. The fourth-order valence-corrected chi connectivity index (χ4v) is 6.10. The van der Waals surface area contributed by atoms with Crippen molar-refractivity contribution in [2.75, 3.05) is 23.3 Å². The molecular formula is C31H28F3N7O4. The lowest BCUT2D eigenvalue weighted by molar-refractivity contribution is -0.128. The maximum Gasteiger partial charge on any atom is 0.355 e. The number of aromatic nitrogens is 4. The number of phenols is 1. The van der Waals surface area contributed by atoms with E-state index in [1.54, 1.807) is 26.1 Å². The summed E-state index contributed by atoms with van der Waals surface area (Å²) in [5.74, 6) is -6.54. The fourth-order valence-electron chi connectivity index (χ4n) is 6.10. The molecule has 0 radical (unpaired) electrons. The molecule has 0 spiro atoms. The molecule has 2 amide bonds. The summed E-state index contributed by atoms with van der Waals surface area (Å²) >= 11 is 0. The van der Waals surface area contributed by atoms with Crippen molar-refractivity contribution in [3.05, 3.63) is 76.2 Å². The zero-order valence-electron chi connectivity index (χ0n) is 24.7. The number of anilines is 2.